The number of benzene rings is 1. The van der Waals surface area contributed by atoms with E-state index in [-0.39, 0.29) is 5.91 Å². The zero-order valence-electron chi connectivity index (χ0n) is 14.8. The molecule has 0 fully saturated rings. The van der Waals surface area contributed by atoms with Gasteiger partial charge in [0.2, 0.25) is 0 Å². The molecular weight excluding hydrogens is 292 g/mol. The molecule has 1 unspecified atom stereocenters. The Kier molecular flexibility index (Phi) is 9.14. The number of nitrogens with one attached hydrogen (secondary N) is 1. The van der Waals surface area contributed by atoms with Crippen LogP contribution in [0.2, 0.25) is 0 Å². The number of carbonyl (C=O) groups excluding carboxylic acids is 1. The number of carbonyl (C=O) groups is 1. The van der Waals surface area contributed by atoms with Gasteiger partial charge < -0.3 is 19.7 Å². The summed E-state index contributed by atoms with van der Waals surface area (Å²) < 4.78 is 10.8. The van der Waals surface area contributed by atoms with Crippen molar-refractivity contribution >= 4 is 5.91 Å². The highest BCUT2D eigenvalue weighted by molar-refractivity contribution is 5.80. The molecule has 0 radical (unpaired) electrons. The molecule has 0 aliphatic carbocycles. The predicted molar refractivity (Wildman–Crippen MR) is 93.1 cm³/mol. The number of rotatable bonds is 11. The first-order chi connectivity index (χ1) is 11.1. The largest absolute Gasteiger partial charge is 0.497 e. The van der Waals surface area contributed by atoms with Gasteiger partial charge in [-0.3, -0.25) is 4.79 Å². The van der Waals surface area contributed by atoms with Crippen molar-refractivity contribution in [3.8, 4) is 11.5 Å². The molecule has 0 heterocycles. The maximum Gasteiger partial charge on any atom is 0.260 e. The molecule has 5 heteroatoms. The van der Waals surface area contributed by atoms with Gasteiger partial charge in [-0.1, -0.05) is 19.9 Å². The molecule has 1 amide bonds. The van der Waals surface area contributed by atoms with E-state index in [1.54, 1.807) is 20.1 Å². The molecule has 0 saturated heterocycles. The highest BCUT2D eigenvalue weighted by atomic mass is 16.5. The van der Waals surface area contributed by atoms with E-state index in [2.05, 4.69) is 24.1 Å². The minimum Gasteiger partial charge on any atom is -0.497 e. The van der Waals surface area contributed by atoms with E-state index in [0.29, 0.717) is 18.0 Å². The van der Waals surface area contributed by atoms with E-state index in [9.17, 15) is 4.79 Å². The Morgan fingerprint density at radius 2 is 1.91 bits per heavy atom. The fourth-order valence-electron chi connectivity index (χ4n) is 2.29. The second-order valence-electron chi connectivity index (χ2n) is 5.46. The first kappa shape index (κ1) is 19.3. The number of unbranched alkanes of at least 4 members (excludes halogenated alkanes) is 1. The van der Waals surface area contributed by atoms with Crippen LogP contribution in [0.5, 0.6) is 11.5 Å². The molecule has 1 aromatic carbocycles. The van der Waals surface area contributed by atoms with E-state index in [4.69, 9.17) is 9.47 Å². The third-order valence-corrected chi connectivity index (χ3v) is 3.82. The summed E-state index contributed by atoms with van der Waals surface area (Å²) in [6, 6.07) is 7.27. The number of ether oxygens (including phenoxy) is 2. The van der Waals surface area contributed by atoms with Crippen LogP contribution in [-0.4, -0.2) is 50.2 Å². The minimum absolute atomic E-state index is 0.0874. The lowest BCUT2D eigenvalue weighted by molar-refractivity contribution is -0.127. The van der Waals surface area contributed by atoms with Crippen molar-refractivity contribution in [2.45, 2.75) is 39.7 Å². The Morgan fingerprint density at radius 3 is 2.57 bits per heavy atom. The van der Waals surface area contributed by atoms with Crippen LogP contribution < -0.4 is 14.8 Å². The molecule has 1 N–H and O–H groups in total. The molecule has 0 bridgehead atoms. The summed E-state index contributed by atoms with van der Waals surface area (Å²) in [5.74, 6) is 1.26. The average molecular weight is 322 g/mol. The first-order valence-corrected chi connectivity index (χ1v) is 8.41. The Bertz CT molecular complexity index is 461. The Morgan fingerprint density at radius 1 is 1.22 bits per heavy atom. The molecule has 0 aliphatic rings. The van der Waals surface area contributed by atoms with Gasteiger partial charge in [-0.2, -0.15) is 0 Å². The van der Waals surface area contributed by atoms with E-state index in [1.165, 1.54) is 0 Å². The lowest BCUT2D eigenvalue weighted by atomic mass is 10.2. The molecule has 23 heavy (non-hydrogen) atoms. The maximum atomic E-state index is 12.0. The fourth-order valence-corrected chi connectivity index (χ4v) is 2.29. The van der Waals surface area contributed by atoms with Crippen molar-refractivity contribution in [2.24, 2.45) is 0 Å². The van der Waals surface area contributed by atoms with E-state index >= 15 is 0 Å². The number of nitrogens with zero attached hydrogens (tertiary/aromatic N) is 1. The van der Waals surface area contributed by atoms with Crippen LogP contribution in [0.15, 0.2) is 24.3 Å². The van der Waals surface area contributed by atoms with Crippen molar-refractivity contribution in [1.29, 1.82) is 0 Å². The molecule has 0 spiro atoms. The quantitative estimate of drug-likeness (QED) is 0.637. The maximum absolute atomic E-state index is 12.0. The molecule has 1 atom stereocenters. The van der Waals surface area contributed by atoms with E-state index < -0.39 is 6.10 Å². The molecule has 130 valence electrons. The third kappa shape index (κ3) is 7.37. The van der Waals surface area contributed by atoms with E-state index in [0.717, 1.165) is 32.5 Å². The van der Waals surface area contributed by atoms with Crippen molar-refractivity contribution in [1.82, 2.24) is 10.2 Å². The monoisotopic (exact) mass is 322 g/mol. The summed E-state index contributed by atoms with van der Waals surface area (Å²) in [5.41, 5.74) is 0. The van der Waals surface area contributed by atoms with Crippen LogP contribution in [0.4, 0.5) is 0 Å². The van der Waals surface area contributed by atoms with E-state index in [1.807, 2.05) is 18.2 Å². The third-order valence-electron chi connectivity index (χ3n) is 3.82. The summed E-state index contributed by atoms with van der Waals surface area (Å²) in [5, 5.41) is 2.93. The van der Waals surface area contributed by atoms with Gasteiger partial charge in [-0.15, -0.1) is 0 Å². The summed E-state index contributed by atoms with van der Waals surface area (Å²) in [7, 11) is 1.60. The van der Waals surface area contributed by atoms with Crippen LogP contribution in [0, 0.1) is 0 Å². The smallest absolute Gasteiger partial charge is 0.260 e. The number of methoxy groups -OCH3 is 1. The molecule has 1 rings (SSSR count). The van der Waals surface area contributed by atoms with Crippen LogP contribution in [0.1, 0.15) is 33.6 Å². The van der Waals surface area contributed by atoms with Crippen molar-refractivity contribution < 1.29 is 14.3 Å². The Balaban J connectivity index is 2.26. The highest BCUT2D eigenvalue weighted by Gasteiger charge is 2.14. The zero-order chi connectivity index (χ0) is 17.1. The number of amides is 1. The standard InChI is InChI=1S/C18H30N2O3/c1-5-20(6-2)13-8-7-12-19-18(21)15(3)23-17-11-9-10-16(14-17)22-4/h9-11,14-15H,5-8,12-13H2,1-4H3,(H,19,21). The van der Waals surface area contributed by atoms with Gasteiger partial charge in [0.25, 0.3) is 5.91 Å². The normalized spacial score (nSPS) is 12.0. The van der Waals surface area contributed by atoms with Crippen LogP contribution in [0.25, 0.3) is 0 Å². The fraction of sp³-hybridized carbons (Fsp3) is 0.611. The zero-order valence-corrected chi connectivity index (χ0v) is 14.8. The first-order valence-electron chi connectivity index (χ1n) is 8.41. The Hall–Kier alpha value is -1.75. The van der Waals surface area contributed by atoms with Gasteiger partial charge >= 0.3 is 0 Å². The predicted octanol–water partition coefficient (Wildman–Crippen LogP) is 2.70. The minimum atomic E-state index is -0.523. The number of hydrogen-bond donors (Lipinski definition) is 1. The van der Waals surface area contributed by atoms with Crippen molar-refractivity contribution in [3.63, 3.8) is 0 Å². The topological polar surface area (TPSA) is 50.8 Å². The number of hydrogen-bond acceptors (Lipinski definition) is 4. The lowest BCUT2D eigenvalue weighted by Gasteiger charge is -2.18. The molecule has 1 aromatic rings. The van der Waals surface area contributed by atoms with Crippen LogP contribution in [0.3, 0.4) is 0 Å². The molecule has 0 saturated carbocycles. The van der Waals surface area contributed by atoms with Crippen LogP contribution in [-0.2, 0) is 4.79 Å². The summed E-state index contributed by atoms with van der Waals surface area (Å²) in [6.07, 6.45) is 1.55. The molecular formula is C18H30N2O3. The SMILES string of the molecule is CCN(CC)CCCCNC(=O)C(C)Oc1cccc(OC)c1. The molecule has 0 aromatic heterocycles. The van der Waals surface area contributed by atoms with Gasteiger partial charge in [0, 0.05) is 12.6 Å². The second-order valence-corrected chi connectivity index (χ2v) is 5.46. The average Bonchev–Trinajstić information content (AvgIpc) is 2.58. The lowest BCUT2D eigenvalue weighted by Crippen LogP contribution is -2.37. The molecule has 5 nitrogen and oxygen atoms in total. The summed E-state index contributed by atoms with van der Waals surface area (Å²) in [4.78, 5) is 14.4. The van der Waals surface area contributed by atoms with Gasteiger partial charge in [0.15, 0.2) is 6.10 Å². The van der Waals surface area contributed by atoms with Gasteiger partial charge in [-0.25, -0.2) is 0 Å². The second kappa shape index (κ2) is 10.9. The van der Waals surface area contributed by atoms with Crippen LogP contribution >= 0.6 is 0 Å². The Labute approximate surface area is 140 Å². The molecule has 0 aliphatic heterocycles. The summed E-state index contributed by atoms with van der Waals surface area (Å²) in [6.45, 7) is 10.0. The highest BCUT2D eigenvalue weighted by Crippen LogP contribution is 2.19. The van der Waals surface area contributed by atoms with Gasteiger partial charge in [0.1, 0.15) is 11.5 Å². The summed E-state index contributed by atoms with van der Waals surface area (Å²) >= 11 is 0. The van der Waals surface area contributed by atoms with Crippen molar-refractivity contribution in [2.75, 3.05) is 33.3 Å². The van der Waals surface area contributed by atoms with Crippen molar-refractivity contribution in [3.05, 3.63) is 24.3 Å². The van der Waals surface area contributed by atoms with Gasteiger partial charge in [0.05, 0.1) is 7.11 Å². The van der Waals surface area contributed by atoms with Gasteiger partial charge in [-0.05, 0) is 51.5 Å².